The maximum Gasteiger partial charge on any atom is 0.265 e. The molecular weight excluding hydrogens is 524 g/mol. The first-order valence-corrected chi connectivity index (χ1v) is 13.1. The maximum atomic E-state index is 13.3. The fraction of sp³-hybridized carbons (Fsp3) is 0.310. The molecule has 0 atom stereocenters. The van der Waals surface area contributed by atoms with Crippen LogP contribution in [0.1, 0.15) is 31.1 Å². The summed E-state index contributed by atoms with van der Waals surface area (Å²) in [5.74, 6) is 1.91. The molecular formula is C29H31ClN2O7. The predicted molar refractivity (Wildman–Crippen MR) is 149 cm³/mol. The molecule has 0 aliphatic carbocycles. The van der Waals surface area contributed by atoms with Crippen LogP contribution in [0.5, 0.6) is 28.7 Å². The quantitative estimate of drug-likeness (QED) is 0.312. The van der Waals surface area contributed by atoms with Crippen LogP contribution in [0.2, 0.25) is 5.02 Å². The Labute approximate surface area is 232 Å². The van der Waals surface area contributed by atoms with Crippen molar-refractivity contribution in [2.24, 2.45) is 0 Å². The molecule has 1 N–H and O–H groups in total. The third-order valence-electron chi connectivity index (χ3n) is 5.73. The lowest BCUT2D eigenvalue weighted by Crippen LogP contribution is -2.41. The van der Waals surface area contributed by atoms with Gasteiger partial charge in [0, 0.05) is 16.3 Å². The maximum absolute atomic E-state index is 13.3. The molecule has 206 valence electrons. The summed E-state index contributed by atoms with van der Waals surface area (Å²) in [6.07, 6.45) is 0. The summed E-state index contributed by atoms with van der Waals surface area (Å²) < 4.78 is 28.6. The molecule has 39 heavy (non-hydrogen) atoms. The van der Waals surface area contributed by atoms with Gasteiger partial charge in [-0.3, -0.25) is 9.59 Å². The molecule has 0 bridgehead atoms. The number of ether oxygens (including phenoxy) is 5. The smallest absolute Gasteiger partial charge is 0.265 e. The van der Waals surface area contributed by atoms with Gasteiger partial charge in [0.1, 0.15) is 18.1 Å². The Bertz CT molecular complexity index is 1290. The van der Waals surface area contributed by atoms with Crippen LogP contribution in [0.25, 0.3) is 0 Å². The lowest BCUT2D eigenvalue weighted by molar-refractivity contribution is -0.121. The summed E-state index contributed by atoms with van der Waals surface area (Å²) in [4.78, 5) is 27.5. The van der Waals surface area contributed by atoms with Crippen molar-refractivity contribution < 1.29 is 33.3 Å². The van der Waals surface area contributed by atoms with Crippen molar-refractivity contribution in [1.29, 1.82) is 0 Å². The Balaban J connectivity index is 1.53. The van der Waals surface area contributed by atoms with Gasteiger partial charge in [-0.1, -0.05) is 11.6 Å². The van der Waals surface area contributed by atoms with Gasteiger partial charge in [0.05, 0.1) is 32.1 Å². The van der Waals surface area contributed by atoms with E-state index in [1.807, 2.05) is 20.8 Å². The summed E-state index contributed by atoms with van der Waals surface area (Å²) in [5, 5.41) is 3.51. The van der Waals surface area contributed by atoms with E-state index in [2.05, 4.69) is 5.32 Å². The van der Waals surface area contributed by atoms with Gasteiger partial charge in [0.25, 0.3) is 11.8 Å². The second-order valence-corrected chi connectivity index (χ2v) is 8.81. The second-order valence-electron chi connectivity index (χ2n) is 8.37. The lowest BCUT2D eigenvalue weighted by atomic mass is 10.1. The van der Waals surface area contributed by atoms with Gasteiger partial charge in [-0.2, -0.15) is 0 Å². The number of nitrogens with one attached hydrogen (secondary N) is 1. The highest BCUT2D eigenvalue weighted by Crippen LogP contribution is 2.40. The standard InChI is InChI=1S/C29H31ClN2O7/c1-4-35-25-15-19(16-26(36-5-2)28(25)37-6-3)29(34)31-21-9-12-24-23(17-21)32(27(33)18-39-24)13-14-38-22-10-7-20(30)8-11-22/h7-12,15-17H,4-6,13-14,18H2,1-3H3,(H,31,34). The number of rotatable bonds is 12. The Kier molecular flexibility index (Phi) is 9.38. The van der Waals surface area contributed by atoms with Crippen molar-refractivity contribution in [2.75, 3.05) is 49.8 Å². The highest BCUT2D eigenvalue weighted by atomic mass is 35.5. The molecule has 0 unspecified atom stereocenters. The number of fused-ring (bicyclic) bond motifs is 1. The van der Waals surface area contributed by atoms with Crippen LogP contribution < -0.4 is 33.9 Å². The van der Waals surface area contributed by atoms with Crippen molar-refractivity contribution in [3.63, 3.8) is 0 Å². The van der Waals surface area contributed by atoms with Gasteiger partial charge in [0.2, 0.25) is 5.75 Å². The van der Waals surface area contributed by atoms with Crippen LogP contribution in [-0.2, 0) is 4.79 Å². The number of hydrogen-bond acceptors (Lipinski definition) is 7. The molecule has 0 saturated heterocycles. The minimum absolute atomic E-state index is 0.0771. The molecule has 10 heteroatoms. The molecule has 3 aromatic rings. The van der Waals surface area contributed by atoms with Crippen molar-refractivity contribution in [3.05, 3.63) is 65.2 Å². The van der Waals surface area contributed by atoms with Gasteiger partial charge >= 0.3 is 0 Å². The number of anilines is 2. The number of carbonyl (C=O) groups is 2. The molecule has 3 aromatic carbocycles. The first-order chi connectivity index (χ1) is 18.9. The van der Waals surface area contributed by atoms with Gasteiger partial charge in [-0.05, 0) is 75.4 Å². The van der Waals surface area contributed by atoms with Crippen LogP contribution in [0, 0.1) is 0 Å². The van der Waals surface area contributed by atoms with Crippen LogP contribution in [0.15, 0.2) is 54.6 Å². The zero-order valence-electron chi connectivity index (χ0n) is 22.1. The Hall–Kier alpha value is -4.11. The van der Waals surface area contributed by atoms with Gasteiger partial charge in [-0.25, -0.2) is 0 Å². The number of hydrogen-bond donors (Lipinski definition) is 1. The lowest BCUT2D eigenvalue weighted by Gasteiger charge is -2.29. The fourth-order valence-electron chi connectivity index (χ4n) is 4.03. The van der Waals surface area contributed by atoms with E-state index in [4.69, 9.17) is 35.3 Å². The first kappa shape index (κ1) is 27.9. The molecule has 0 aromatic heterocycles. The monoisotopic (exact) mass is 554 g/mol. The summed E-state index contributed by atoms with van der Waals surface area (Å²) in [7, 11) is 0. The predicted octanol–water partition coefficient (Wildman–Crippen LogP) is 5.59. The highest BCUT2D eigenvalue weighted by Gasteiger charge is 2.26. The Morgan fingerprint density at radius 2 is 1.59 bits per heavy atom. The van der Waals surface area contributed by atoms with Gasteiger partial charge in [-0.15, -0.1) is 0 Å². The third kappa shape index (κ3) is 6.86. The zero-order chi connectivity index (χ0) is 27.8. The largest absolute Gasteiger partial charge is 0.492 e. The average molecular weight is 555 g/mol. The summed E-state index contributed by atoms with van der Waals surface area (Å²) in [6.45, 7) is 7.26. The van der Waals surface area contributed by atoms with Crippen molar-refractivity contribution in [1.82, 2.24) is 0 Å². The molecule has 1 aliphatic rings. The number of halogens is 1. The summed E-state index contributed by atoms with van der Waals surface area (Å²) in [6, 6.07) is 15.4. The molecule has 0 radical (unpaired) electrons. The Morgan fingerprint density at radius 1 is 0.923 bits per heavy atom. The van der Waals surface area contributed by atoms with E-state index in [9.17, 15) is 9.59 Å². The van der Waals surface area contributed by atoms with E-state index in [1.165, 1.54) is 0 Å². The molecule has 2 amide bonds. The van der Waals surface area contributed by atoms with E-state index in [-0.39, 0.29) is 25.0 Å². The van der Waals surface area contributed by atoms with Crippen LogP contribution in [0.4, 0.5) is 11.4 Å². The molecule has 1 aliphatic heterocycles. The van der Waals surface area contributed by atoms with E-state index in [1.54, 1.807) is 59.5 Å². The van der Waals surface area contributed by atoms with Gasteiger partial charge < -0.3 is 33.9 Å². The van der Waals surface area contributed by atoms with E-state index >= 15 is 0 Å². The molecule has 0 saturated carbocycles. The van der Waals surface area contributed by atoms with Crippen molar-refractivity contribution in [3.8, 4) is 28.7 Å². The van der Waals surface area contributed by atoms with E-state index in [0.29, 0.717) is 77.1 Å². The highest BCUT2D eigenvalue weighted by molar-refractivity contribution is 6.30. The zero-order valence-corrected chi connectivity index (χ0v) is 22.9. The molecule has 9 nitrogen and oxygen atoms in total. The van der Waals surface area contributed by atoms with E-state index < -0.39 is 0 Å². The number of benzene rings is 3. The topological polar surface area (TPSA) is 95.6 Å². The summed E-state index contributed by atoms with van der Waals surface area (Å²) >= 11 is 5.93. The van der Waals surface area contributed by atoms with Crippen LogP contribution in [0.3, 0.4) is 0 Å². The third-order valence-corrected chi connectivity index (χ3v) is 5.98. The van der Waals surface area contributed by atoms with Crippen LogP contribution >= 0.6 is 11.6 Å². The normalized spacial score (nSPS) is 12.3. The fourth-order valence-corrected chi connectivity index (χ4v) is 4.16. The summed E-state index contributed by atoms with van der Waals surface area (Å²) in [5.41, 5.74) is 1.37. The average Bonchev–Trinajstić information content (AvgIpc) is 2.93. The van der Waals surface area contributed by atoms with Crippen molar-refractivity contribution >= 4 is 34.8 Å². The van der Waals surface area contributed by atoms with Crippen LogP contribution in [-0.4, -0.2) is 51.4 Å². The number of amides is 2. The molecule has 0 fully saturated rings. The molecule has 1 heterocycles. The first-order valence-electron chi connectivity index (χ1n) is 12.8. The van der Waals surface area contributed by atoms with Crippen molar-refractivity contribution in [2.45, 2.75) is 20.8 Å². The van der Waals surface area contributed by atoms with Gasteiger partial charge in [0.15, 0.2) is 18.1 Å². The Morgan fingerprint density at radius 3 is 2.23 bits per heavy atom. The second kappa shape index (κ2) is 13.1. The minimum Gasteiger partial charge on any atom is -0.492 e. The number of nitrogens with zero attached hydrogens (tertiary/aromatic N) is 1. The minimum atomic E-state index is -0.374. The van der Waals surface area contributed by atoms with E-state index in [0.717, 1.165) is 0 Å². The SMILES string of the molecule is CCOc1cc(C(=O)Nc2ccc3c(c2)N(CCOc2ccc(Cl)cc2)C(=O)CO3)cc(OCC)c1OCC. The molecule has 0 spiro atoms. The number of carbonyl (C=O) groups excluding carboxylic acids is 2. The molecule has 4 rings (SSSR count).